The smallest absolute Gasteiger partial charge is 0.326 e. The second-order valence-electron chi connectivity index (χ2n) is 9.15. The Labute approximate surface area is 228 Å². The summed E-state index contributed by atoms with van der Waals surface area (Å²) in [5, 5.41) is 17.1. The predicted molar refractivity (Wildman–Crippen MR) is 146 cm³/mol. The Bertz CT molecular complexity index is 821. The van der Waals surface area contributed by atoms with Crippen molar-refractivity contribution in [1.29, 1.82) is 0 Å². The summed E-state index contributed by atoms with van der Waals surface area (Å²) in [7, 11) is 0. The average Bonchev–Trinajstić information content (AvgIpc) is 2.87. The normalized spacial score (nSPS) is 13.8. The lowest BCUT2D eigenvalue weighted by Gasteiger charge is -2.25. The molecule has 16 nitrogen and oxygen atoms in total. The zero-order chi connectivity index (χ0) is 29.8. The maximum absolute atomic E-state index is 13.2. The number of carbonyl (C=O) groups is 5. The number of carbonyl (C=O) groups excluding carboxylic acids is 4. The zero-order valence-corrected chi connectivity index (χ0v) is 22.4. The highest BCUT2D eigenvalue weighted by molar-refractivity contribution is 5.94. The van der Waals surface area contributed by atoms with E-state index in [0.717, 1.165) is 0 Å². The molecule has 0 aromatic heterocycles. The van der Waals surface area contributed by atoms with Gasteiger partial charge in [0.25, 0.3) is 0 Å². The van der Waals surface area contributed by atoms with Gasteiger partial charge in [0.15, 0.2) is 5.96 Å². The number of amides is 4. The highest BCUT2D eigenvalue weighted by Crippen LogP contribution is 2.08. The van der Waals surface area contributed by atoms with Crippen LogP contribution in [0.25, 0.3) is 0 Å². The van der Waals surface area contributed by atoms with Crippen LogP contribution < -0.4 is 50.4 Å². The third-order valence-corrected chi connectivity index (χ3v) is 5.76. The van der Waals surface area contributed by atoms with Gasteiger partial charge in [-0.2, -0.15) is 0 Å². The summed E-state index contributed by atoms with van der Waals surface area (Å²) in [6.45, 7) is 0.936. The van der Waals surface area contributed by atoms with Crippen molar-refractivity contribution >= 4 is 35.6 Å². The molecule has 0 saturated heterocycles. The number of carboxylic acid groups (broad SMARTS) is 1. The minimum Gasteiger partial charge on any atom is -0.480 e. The number of nitrogens with zero attached hydrogens (tertiary/aromatic N) is 1. The Balaban J connectivity index is 5.61. The Kier molecular flexibility index (Phi) is 18.6. The van der Waals surface area contributed by atoms with Gasteiger partial charge in [-0.1, -0.05) is 0 Å². The van der Waals surface area contributed by atoms with Gasteiger partial charge in [0.2, 0.25) is 23.6 Å². The molecule has 0 spiro atoms. The molecule has 16 heteroatoms. The number of guanidine groups is 1. The van der Waals surface area contributed by atoms with Crippen molar-refractivity contribution in [2.24, 2.45) is 39.4 Å². The maximum Gasteiger partial charge on any atom is 0.326 e. The maximum atomic E-state index is 13.2. The second-order valence-corrected chi connectivity index (χ2v) is 9.15. The van der Waals surface area contributed by atoms with Crippen LogP contribution in [0.4, 0.5) is 0 Å². The number of primary amides is 1. The molecule has 16 N–H and O–H groups in total. The molecular weight excluding hydrogens is 512 g/mol. The van der Waals surface area contributed by atoms with Crippen molar-refractivity contribution in [2.75, 3.05) is 19.6 Å². The first-order valence-electron chi connectivity index (χ1n) is 13.1. The van der Waals surface area contributed by atoms with E-state index in [1.807, 2.05) is 0 Å². The van der Waals surface area contributed by atoms with Crippen LogP contribution in [0, 0.1) is 0 Å². The number of nitrogens with two attached hydrogens (primary N) is 6. The average molecular weight is 559 g/mol. The minimum absolute atomic E-state index is 0.0195. The second kappa shape index (κ2) is 20.5. The first kappa shape index (κ1) is 35.5. The molecule has 0 fully saturated rings. The molecule has 4 atom stereocenters. The molecule has 0 aliphatic rings. The molecule has 0 heterocycles. The first-order chi connectivity index (χ1) is 18.4. The van der Waals surface area contributed by atoms with Crippen LogP contribution >= 0.6 is 0 Å². The number of unbranched alkanes of at least 4 members (excludes halogenated alkanes) is 2. The van der Waals surface area contributed by atoms with Gasteiger partial charge >= 0.3 is 5.97 Å². The topological polar surface area (TPSA) is 310 Å². The molecule has 0 aromatic carbocycles. The quantitative estimate of drug-likeness (QED) is 0.0352. The summed E-state index contributed by atoms with van der Waals surface area (Å²) in [6, 6.07) is -4.45. The number of aliphatic imine (C=N–C) groups is 1. The first-order valence-corrected chi connectivity index (χ1v) is 13.1. The number of carboxylic acids is 1. The highest BCUT2D eigenvalue weighted by Gasteiger charge is 2.30. The van der Waals surface area contributed by atoms with E-state index >= 15 is 0 Å². The Morgan fingerprint density at radius 2 is 1.13 bits per heavy atom. The van der Waals surface area contributed by atoms with Crippen LogP contribution in [0.2, 0.25) is 0 Å². The fourth-order valence-electron chi connectivity index (χ4n) is 3.54. The van der Waals surface area contributed by atoms with Crippen LogP contribution in [0.15, 0.2) is 4.99 Å². The van der Waals surface area contributed by atoms with Crippen molar-refractivity contribution in [1.82, 2.24) is 16.0 Å². The number of hydrogen-bond acceptors (Lipinski definition) is 9. The summed E-state index contributed by atoms with van der Waals surface area (Å²) in [6.07, 6.45) is 2.79. The molecule has 0 saturated carbocycles. The Morgan fingerprint density at radius 3 is 1.59 bits per heavy atom. The Hall–Kier alpha value is -3.50. The minimum atomic E-state index is -1.21. The molecule has 0 radical (unpaired) electrons. The summed E-state index contributed by atoms with van der Waals surface area (Å²) in [5.74, 6) is -4.01. The molecule has 4 unspecified atom stereocenters. The van der Waals surface area contributed by atoms with Crippen LogP contribution in [0.1, 0.15) is 64.2 Å². The van der Waals surface area contributed by atoms with E-state index < -0.39 is 53.8 Å². The summed E-state index contributed by atoms with van der Waals surface area (Å²) >= 11 is 0. The lowest BCUT2D eigenvalue weighted by molar-refractivity contribution is -0.142. The van der Waals surface area contributed by atoms with Gasteiger partial charge in [0, 0.05) is 13.0 Å². The fraction of sp³-hybridized carbons (Fsp3) is 0.739. The standard InChI is InChI=1S/C23H46N10O6/c24-11-3-1-6-15(21(37)33-17(22(38)39)7-2-4-12-25)32-20(36)16(8-5-13-30-23(28)29)31-19(35)14(26)9-10-18(27)34/h14-17H,1-13,24-26H2,(H2,27,34)(H,31,35)(H,32,36)(H,33,37)(H,38,39)(H4,28,29,30). The molecule has 0 aliphatic heterocycles. The van der Waals surface area contributed by atoms with Crippen molar-refractivity contribution in [3.8, 4) is 0 Å². The summed E-state index contributed by atoms with van der Waals surface area (Å²) in [5.41, 5.74) is 32.6. The third kappa shape index (κ3) is 16.9. The van der Waals surface area contributed by atoms with Crippen molar-refractivity contribution < 1.29 is 29.1 Å². The van der Waals surface area contributed by atoms with Gasteiger partial charge in [-0.05, 0) is 70.9 Å². The largest absolute Gasteiger partial charge is 0.480 e. The van der Waals surface area contributed by atoms with Gasteiger partial charge in [0.1, 0.15) is 18.1 Å². The molecule has 39 heavy (non-hydrogen) atoms. The third-order valence-electron chi connectivity index (χ3n) is 5.76. The zero-order valence-electron chi connectivity index (χ0n) is 22.4. The lowest BCUT2D eigenvalue weighted by atomic mass is 10.0. The predicted octanol–water partition coefficient (Wildman–Crippen LogP) is -3.57. The van der Waals surface area contributed by atoms with E-state index in [9.17, 15) is 29.1 Å². The lowest BCUT2D eigenvalue weighted by Crippen LogP contribution is -2.57. The van der Waals surface area contributed by atoms with Gasteiger partial charge in [-0.3, -0.25) is 24.2 Å². The molecule has 0 aliphatic carbocycles. The van der Waals surface area contributed by atoms with Crippen LogP contribution in [-0.2, 0) is 24.0 Å². The Morgan fingerprint density at radius 1 is 0.667 bits per heavy atom. The van der Waals surface area contributed by atoms with E-state index in [-0.39, 0.29) is 44.6 Å². The van der Waals surface area contributed by atoms with E-state index in [2.05, 4.69) is 20.9 Å². The molecule has 224 valence electrons. The molecule has 4 amide bonds. The SMILES string of the molecule is NCCCCC(NC(=O)C(CCCCN)NC(=O)C(CCCN=C(N)N)NC(=O)C(N)CCC(N)=O)C(=O)O. The molecular formula is C23H46N10O6. The van der Waals surface area contributed by atoms with Gasteiger partial charge < -0.3 is 55.5 Å². The van der Waals surface area contributed by atoms with Crippen molar-refractivity contribution in [3.63, 3.8) is 0 Å². The number of hydrogen-bond donors (Lipinski definition) is 10. The van der Waals surface area contributed by atoms with Crippen LogP contribution in [0.5, 0.6) is 0 Å². The summed E-state index contributed by atoms with van der Waals surface area (Å²) < 4.78 is 0. The highest BCUT2D eigenvalue weighted by atomic mass is 16.4. The fourth-order valence-corrected chi connectivity index (χ4v) is 3.54. The van der Waals surface area contributed by atoms with E-state index in [1.54, 1.807) is 0 Å². The summed E-state index contributed by atoms with van der Waals surface area (Å²) in [4.78, 5) is 65.3. The number of nitrogens with one attached hydrogen (secondary N) is 3. The van der Waals surface area contributed by atoms with Gasteiger partial charge in [-0.15, -0.1) is 0 Å². The van der Waals surface area contributed by atoms with E-state index in [0.29, 0.717) is 45.2 Å². The molecule has 0 aromatic rings. The molecule has 0 rings (SSSR count). The van der Waals surface area contributed by atoms with E-state index in [1.165, 1.54) is 0 Å². The monoisotopic (exact) mass is 558 g/mol. The van der Waals surface area contributed by atoms with Crippen LogP contribution in [0.3, 0.4) is 0 Å². The number of aliphatic carboxylic acids is 1. The van der Waals surface area contributed by atoms with Crippen molar-refractivity contribution in [3.05, 3.63) is 0 Å². The number of rotatable bonds is 22. The van der Waals surface area contributed by atoms with Gasteiger partial charge in [0.05, 0.1) is 6.04 Å². The van der Waals surface area contributed by atoms with Crippen LogP contribution in [-0.4, -0.2) is 84.5 Å². The van der Waals surface area contributed by atoms with E-state index in [4.69, 9.17) is 34.4 Å². The van der Waals surface area contributed by atoms with Gasteiger partial charge in [-0.25, -0.2) is 4.79 Å². The molecule has 0 bridgehead atoms. The van der Waals surface area contributed by atoms with Crippen molar-refractivity contribution in [2.45, 2.75) is 88.4 Å².